The van der Waals surface area contributed by atoms with Crippen LogP contribution in [0.3, 0.4) is 0 Å². The summed E-state index contributed by atoms with van der Waals surface area (Å²) in [6.45, 7) is 5.57. The number of nitrogens with one attached hydrogen (secondary N) is 1. The topological polar surface area (TPSA) is 58.6 Å². The van der Waals surface area contributed by atoms with Crippen molar-refractivity contribution in [1.29, 1.82) is 0 Å². The monoisotopic (exact) mass is 310 g/mol. The third-order valence-corrected chi connectivity index (χ3v) is 4.17. The molecule has 1 aliphatic rings. The third-order valence-electron chi connectivity index (χ3n) is 4.17. The van der Waals surface area contributed by atoms with E-state index in [4.69, 9.17) is 0 Å². The third kappa shape index (κ3) is 3.48. The summed E-state index contributed by atoms with van der Waals surface area (Å²) in [6.07, 6.45) is -4.10. The van der Waals surface area contributed by atoms with Crippen molar-refractivity contribution >= 4 is 11.8 Å². The molecule has 2 atom stereocenters. The van der Waals surface area contributed by atoms with Crippen molar-refractivity contribution in [3.8, 4) is 0 Å². The van der Waals surface area contributed by atoms with E-state index in [0.717, 1.165) is 0 Å². The molecule has 1 fully saturated rings. The Balaban J connectivity index is 2.97. The number of ether oxygens (including phenoxy) is 1. The van der Waals surface area contributed by atoms with Crippen LogP contribution in [-0.2, 0) is 14.3 Å². The predicted octanol–water partition coefficient (Wildman–Crippen LogP) is 1.82. The molecule has 1 rings (SSSR count). The fourth-order valence-corrected chi connectivity index (χ4v) is 2.28. The van der Waals surface area contributed by atoms with E-state index < -0.39 is 24.0 Å². The lowest BCUT2D eigenvalue weighted by Gasteiger charge is -2.49. The standard InChI is InChI=1S/C13H21F3N2O3/c1-5-11(3)10(20)18(7-8-21-13(14,15)16)12(4,6-2)9(19)17-11/h5-8H2,1-4H3,(H,17,19). The maximum atomic E-state index is 12.5. The SMILES string of the molecule is CCC1(C)NC(=O)C(C)(CC)N(CCOC(F)(F)F)C1=O. The van der Waals surface area contributed by atoms with E-state index in [1.165, 1.54) is 4.90 Å². The van der Waals surface area contributed by atoms with Gasteiger partial charge in [-0.2, -0.15) is 0 Å². The summed E-state index contributed by atoms with van der Waals surface area (Å²) < 4.78 is 39.9. The number of carbonyl (C=O) groups is 2. The van der Waals surface area contributed by atoms with Crippen LogP contribution in [0, 0.1) is 0 Å². The van der Waals surface area contributed by atoms with Crippen LogP contribution >= 0.6 is 0 Å². The number of hydrogen-bond acceptors (Lipinski definition) is 3. The van der Waals surface area contributed by atoms with Gasteiger partial charge in [-0.15, -0.1) is 13.2 Å². The van der Waals surface area contributed by atoms with Crippen LogP contribution in [0.25, 0.3) is 0 Å². The highest BCUT2D eigenvalue weighted by atomic mass is 19.4. The molecule has 2 unspecified atom stereocenters. The molecule has 1 heterocycles. The molecule has 0 saturated carbocycles. The van der Waals surface area contributed by atoms with Gasteiger partial charge in [0.1, 0.15) is 11.1 Å². The maximum Gasteiger partial charge on any atom is 0.522 e. The van der Waals surface area contributed by atoms with Gasteiger partial charge in [-0.1, -0.05) is 13.8 Å². The Kier molecular flexibility index (Phi) is 4.92. The lowest BCUT2D eigenvalue weighted by atomic mass is 9.84. The molecule has 122 valence electrons. The van der Waals surface area contributed by atoms with Crippen LogP contribution in [0.2, 0.25) is 0 Å². The van der Waals surface area contributed by atoms with Gasteiger partial charge in [-0.3, -0.25) is 14.3 Å². The van der Waals surface area contributed by atoms with E-state index in [9.17, 15) is 22.8 Å². The first-order valence-electron chi connectivity index (χ1n) is 6.85. The van der Waals surface area contributed by atoms with Gasteiger partial charge in [0, 0.05) is 6.54 Å². The molecule has 1 aliphatic heterocycles. The molecule has 21 heavy (non-hydrogen) atoms. The molecule has 0 bridgehead atoms. The first-order chi connectivity index (χ1) is 9.50. The molecule has 2 amide bonds. The quantitative estimate of drug-likeness (QED) is 0.842. The number of hydrogen-bond donors (Lipinski definition) is 1. The Bertz CT molecular complexity index is 427. The van der Waals surface area contributed by atoms with Gasteiger partial charge in [-0.05, 0) is 26.7 Å². The summed E-state index contributed by atoms with van der Waals surface area (Å²) in [5.74, 6) is -0.749. The zero-order valence-electron chi connectivity index (χ0n) is 12.6. The van der Waals surface area contributed by atoms with Gasteiger partial charge in [-0.25, -0.2) is 0 Å². The molecule has 0 spiro atoms. The Labute approximate surface area is 121 Å². The average molecular weight is 310 g/mol. The fourth-order valence-electron chi connectivity index (χ4n) is 2.28. The number of carbonyl (C=O) groups excluding carboxylic acids is 2. The number of nitrogens with zero attached hydrogens (tertiary/aromatic N) is 1. The Morgan fingerprint density at radius 1 is 1.19 bits per heavy atom. The lowest BCUT2D eigenvalue weighted by Crippen LogP contribution is -2.74. The molecule has 1 N–H and O–H groups in total. The number of halogens is 3. The van der Waals surface area contributed by atoms with Crippen molar-refractivity contribution in [2.75, 3.05) is 13.2 Å². The number of rotatable bonds is 5. The highest BCUT2D eigenvalue weighted by molar-refractivity contribution is 6.01. The lowest BCUT2D eigenvalue weighted by molar-refractivity contribution is -0.325. The maximum absolute atomic E-state index is 12.5. The number of amides is 2. The zero-order valence-corrected chi connectivity index (χ0v) is 12.6. The molecule has 1 saturated heterocycles. The van der Waals surface area contributed by atoms with Gasteiger partial charge in [0.15, 0.2) is 0 Å². The Morgan fingerprint density at radius 2 is 1.76 bits per heavy atom. The smallest absolute Gasteiger partial charge is 0.340 e. The molecule has 0 radical (unpaired) electrons. The molecule has 8 heteroatoms. The molecule has 5 nitrogen and oxygen atoms in total. The van der Waals surface area contributed by atoms with E-state index >= 15 is 0 Å². The number of alkyl halides is 3. The van der Waals surface area contributed by atoms with Gasteiger partial charge >= 0.3 is 6.36 Å². The van der Waals surface area contributed by atoms with Crippen molar-refractivity contribution < 1.29 is 27.5 Å². The van der Waals surface area contributed by atoms with E-state index in [-0.39, 0.29) is 18.4 Å². The summed E-state index contributed by atoms with van der Waals surface area (Å²) in [5, 5.41) is 2.68. The second-order valence-electron chi connectivity index (χ2n) is 5.52. The predicted molar refractivity (Wildman–Crippen MR) is 69.3 cm³/mol. The van der Waals surface area contributed by atoms with Crippen molar-refractivity contribution in [3.63, 3.8) is 0 Å². The normalized spacial score (nSPS) is 30.5. The average Bonchev–Trinajstić information content (AvgIpc) is 2.39. The van der Waals surface area contributed by atoms with Gasteiger partial charge in [0.05, 0.1) is 6.61 Å². The summed E-state index contributed by atoms with van der Waals surface area (Å²) in [7, 11) is 0. The minimum absolute atomic E-state index is 0.286. The molecule has 0 aromatic heterocycles. The first-order valence-corrected chi connectivity index (χ1v) is 6.85. The fraction of sp³-hybridized carbons (Fsp3) is 0.846. The van der Waals surface area contributed by atoms with Gasteiger partial charge in [0.2, 0.25) is 11.8 Å². The summed E-state index contributed by atoms with van der Waals surface area (Å²) in [6, 6.07) is 0. The molecule has 0 aliphatic carbocycles. The first kappa shape index (κ1) is 17.7. The van der Waals surface area contributed by atoms with Crippen LogP contribution in [0.5, 0.6) is 0 Å². The molecule has 0 aromatic rings. The van der Waals surface area contributed by atoms with E-state index in [1.54, 1.807) is 27.7 Å². The van der Waals surface area contributed by atoms with E-state index in [0.29, 0.717) is 12.8 Å². The van der Waals surface area contributed by atoms with Crippen molar-refractivity contribution in [2.45, 2.75) is 58.0 Å². The van der Waals surface area contributed by atoms with Crippen molar-refractivity contribution in [2.24, 2.45) is 0 Å². The molecular formula is C13H21F3N2O3. The van der Waals surface area contributed by atoms with Gasteiger partial charge in [0.25, 0.3) is 0 Å². The van der Waals surface area contributed by atoms with Crippen LogP contribution in [0.15, 0.2) is 0 Å². The summed E-state index contributed by atoms with van der Waals surface area (Å²) in [4.78, 5) is 26.0. The second-order valence-corrected chi connectivity index (χ2v) is 5.52. The Hall–Kier alpha value is -1.31. The zero-order chi connectivity index (χ0) is 16.5. The molecular weight excluding hydrogens is 289 g/mol. The number of piperazine rings is 1. The highest BCUT2D eigenvalue weighted by Gasteiger charge is 2.52. The minimum atomic E-state index is -4.75. The van der Waals surface area contributed by atoms with Crippen LogP contribution in [0.1, 0.15) is 40.5 Å². The van der Waals surface area contributed by atoms with E-state index in [1.807, 2.05) is 0 Å². The second kappa shape index (κ2) is 5.82. The van der Waals surface area contributed by atoms with E-state index in [2.05, 4.69) is 10.1 Å². The Morgan fingerprint density at radius 3 is 2.19 bits per heavy atom. The highest BCUT2D eigenvalue weighted by Crippen LogP contribution is 2.30. The van der Waals surface area contributed by atoms with Crippen molar-refractivity contribution in [3.05, 3.63) is 0 Å². The van der Waals surface area contributed by atoms with Gasteiger partial charge < -0.3 is 10.2 Å². The molecule has 0 aromatic carbocycles. The van der Waals surface area contributed by atoms with Crippen LogP contribution in [-0.4, -0.2) is 47.3 Å². The minimum Gasteiger partial charge on any atom is -0.340 e. The van der Waals surface area contributed by atoms with Crippen LogP contribution < -0.4 is 5.32 Å². The largest absolute Gasteiger partial charge is 0.522 e. The van der Waals surface area contributed by atoms with Crippen LogP contribution in [0.4, 0.5) is 13.2 Å². The van der Waals surface area contributed by atoms with Crippen molar-refractivity contribution in [1.82, 2.24) is 10.2 Å². The summed E-state index contributed by atoms with van der Waals surface area (Å²) >= 11 is 0. The summed E-state index contributed by atoms with van der Waals surface area (Å²) in [5.41, 5.74) is -2.26.